The summed E-state index contributed by atoms with van der Waals surface area (Å²) in [6, 6.07) is 13.8. The lowest BCUT2D eigenvalue weighted by molar-refractivity contribution is -0.188. The highest BCUT2D eigenvalue weighted by molar-refractivity contribution is 5.86. The van der Waals surface area contributed by atoms with Crippen LogP contribution in [0.15, 0.2) is 42.5 Å². The van der Waals surface area contributed by atoms with E-state index in [0.29, 0.717) is 6.42 Å². The largest absolute Gasteiger partial charge is 0.481 e. The molecule has 1 amide bonds. The molecule has 1 heterocycles. The summed E-state index contributed by atoms with van der Waals surface area (Å²) < 4.78 is 39.3. The molecule has 0 bridgehead atoms. The molecule has 7 heteroatoms. The molecule has 27 heavy (non-hydrogen) atoms. The molecule has 2 aromatic rings. The number of likely N-dealkylation sites (tertiary alicyclic amines) is 1. The van der Waals surface area contributed by atoms with Gasteiger partial charge < -0.3 is 10.0 Å². The first-order valence-corrected chi connectivity index (χ1v) is 8.82. The van der Waals surface area contributed by atoms with Crippen molar-refractivity contribution in [3.8, 4) is 0 Å². The lowest BCUT2D eigenvalue weighted by Crippen LogP contribution is -2.34. The number of amides is 1. The predicted octanol–water partition coefficient (Wildman–Crippen LogP) is 3.66. The Kier molecular flexibility index (Phi) is 4.13. The summed E-state index contributed by atoms with van der Waals surface area (Å²) in [6.45, 7) is -0.945. The number of carboxylic acids is 1. The fourth-order valence-electron chi connectivity index (χ4n) is 4.07. The molecule has 2 aliphatic rings. The molecule has 0 aromatic heterocycles. The van der Waals surface area contributed by atoms with Crippen LogP contribution in [-0.2, 0) is 9.59 Å². The van der Waals surface area contributed by atoms with Gasteiger partial charge in [-0.05, 0) is 28.7 Å². The normalized spacial score (nSPS) is 27.7. The predicted molar refractivity (Wildman–Crippen MR) is 92.0 cm³/mol. The highest BCUT2D eigenvalue weighted by Crippen LogP contribution is 2.50. The number of rotatable bonds is 3. The average Bonchev–Trinajstić information content (AvgIpc) is 3.28. The van der Waals surface area contributed by atoms with Gasteiger partial charge >= 0.3 is 12.1 Å². The van der Waals surface area contributed by atoms with E-state index in [4.69, 9.17) is 5.11 Å². The third-order valence-electron chi connectivity index (χ3n) is 5.68. The van der Waals surface area contributed by atoms with Crippen LogP contribution in [0.1, 0.15) is 17.9 Å². The van der Waals surface area contributed by atoms with E-state index in [1.807, 2.05) is 42.5 Å². The Morgan fingerprint density at radius 2 is 1.70 bits per heavy atom. The van der Waals surface area contributed by atoms with E-state index in [1.165, 1.54) is 0 Å². The van der Waals surface area contributed by atoms with Gasteiger partial charge in [0, 0.05) is 19.0 Å². The smallest absolute Gasteiger partial charge is 0.394 e. The van der Waals surface area contributed by atoms with Crippen LogP contribution in [0.5, 0.6) is 0 Å². The average molecular weight is 377 g/mol. The number of carbonyl (C=O) groups excluding carboxylic acids is 1. The molecule has 0 spiro atoms. The Balaban J connectivity index is 1.48. The SMILES string of the molecule is O=C(O)[C@@H]1CN(C(=O)C2CC2c2ccc3ccccc3c2)C[C@H]1C(F)(F)F. The topological polar surface area (TPSA) is 57.6 Å². The van der Waals surface area contributed by atoms with Crippen LogP contribution in [0.2, 0.25) is 0 Å². The van der Waals surface area contributed by atoms with Gasteiger partial charge in [0.05, 0.1) is 11.8 Å². The molecular formula is C20H18F3NO3. The molecule has 2 unspecified atom stereocenters. The Morgan fingerprint density at radius 3 is 2.33 bits per heavy atom. The maximum atomic E-state index is 13.1. The van der Waals surface area contributed by atoms with E-state index >= 15 is 0 Å². The van der Waals surface area contributed by atoms with E-state index < -0.39 is 30.5 Å². The standard InChI is InChI=1S/C20H18F3NO3/c21-20(22,23)17-10-24(9-16(17)19(26)27)18(25)15-8-14(15)13-6-5-11-3-1-2-4-12(11)7-13/h1-7,14-17H,8-10H2,(H,26,27)/t14?,15?,16-,17-/m1/s1. The van der Waals surface area contributed by atoms with E-state index in [9.17, 15) is 22.8 Å². The number of hydrogen-bond donors (Lipinski definition) is 1. The maximum absolute atomic E-state index is 13.1. The minimum atomic E-state index is -4.63. The zero-order valence-electron chi connectivity index (χ0n) is 14.3. The molecule has 2 fully saturated rings. The van der Waals surface area contributed by atoms with Crippen LogP contribution in [0.25, 0.3) is 10.8 Å². The summed E-state index contributed by atoms with van der Waals surface area (Å²) in [5, 5.41) is 11.2. The highest BCUT2D eigenvalue weighted by atomic mass is 19.4. The number of aliphatic carboxylic acids is 1. The van der Waals surface area contributed by atoms with Crippen molar-refractivity contribution in [2.24, 2.45) is 17.8 Å². The number of hydrogen-bond acceptors (Lipinski definition) is 2. The summed E-state index contributed by atoms with van der Waals surface area (Å²) in [6.07, 6.45) is -4.04. The van der Waals surface area contributed by atoms with Crippen LogP contribution >= 0.6 is 0 Å². The van der Waals surface area contributed by atoms with Gasteiger partial charge in [-0.3, -0.25) is 9.59 Å². The van der Waals surface area contributed by atoms with Crippen molar-refractivity contribution in [3.05, 3.63) is 48.0 Å². The number of carboxylic acid groups (broad SMARTS) is 1. The summed E-state index contributed by atoms with van der Waals surface area (Å²) in [7, 11) is 0. The molecular weight excluding hydrogens is 359 g/mol. The molecule has 2 aromatic carbocycles. The molecule has 4 atom stereocenters. The van der Waals surface area contributed by atoms with Crippen molar-refractivity contribution in [1.82, 2.24) is 4.90 Å². The van der Waals surface area contributed by atoms with Gasteiger partial charge in [-0.2, -0.15) is 13.2 Å². The number of nitrogens with zero attached hydrogens (tertiary/aromatic N) is 1. The van der Waals surface area contributed by atoms with Gasteiger partial charge in [0.25, 0.3) is 0 Å². The molecule has 1 N–H and O–H groups in total. The number of fused-ring (bicyclic) bond motifs is 1. The van der Waals surface area contributed by atoms with Gasteiger partial charge in [-0.25, -0.2) is 0 Å². The summed E-state index contributed by atoms with van der Waals surface area (Å²) >= 11 is 0. The van der Waals surface area contributed by atoms with Crippen LogP contribution < -0.4 is 0 Å². The summed E-state index contributed by atoms with van der Waals surface area (Å²) in [5.74, 6) is -5.85. The summed E-state index contributed by atoms with van der Waals surface area (Å²) in [4.78, 5) is 24.9. The zero-order valence-corrected chi connectivity index (χ0v) is 14.3. The summed E-state index contributed by atoms with van der Waals surface area (Å²) in [5.41, 5.74) is 0.994. The fourth-order valence-corrected chi connectivity index (χ4v) is 4.07. The van der Waals surface area contributed by atoms with E-state index in [-0.39, 0.29) is 24.3 Å². The molecule has 0 radical (unpaired) electrons. The third-order valence-corrected chi connectivity index (χ3v) is 5.68. The first-order valence-electron chi connectivity index (χ1n) is 8.82. The molecule has 142 valence electrons. The van der Waals surface area contributed by atoms with Crippen molar-refractivity contribution in [1.29, 1.82) is 0 Å². The quantitative estimate of drug-likeness (QED) is 0.888. The second-order valence-electron chi connectivity index (χ2n) is 7.39. The van der Waals surface area contributed by atoms with Crippen molar-refractivity contribution in [2.45, 2.75) is 18.5 Å². The Bertz CT molecular complexity index is 911. The van der Waals surface area contributed by atoms with Crippen LogP contribution in [-0.4, -0.2) is 41.1 Å². The highest BCUT2D eigenvalue weighted by Gasteiger charge is 2.56. The number of benzene rings is 2. The molecule has 1 aliphatic carbocycles. The van der Waals surface area contributed by atoms with Gasteiger partial charge in [0.15, 0.2) is 0 Å². The first-order chi connectivity index (χ1) is 12.8. The van der Waals surface area contributed by atoms with Crippen molar-refractivity contribution in [3.63, 3.8) is 0 Å². The van der Waals surface area contributed by atoms with Crippen LogP contribution in [0.3, 0.4) is 0 Å². The Morgan fingerprint density at radius 1 is 1.00 bits per heavy atom. The van der Waals surface area contributed by atoms with Crippen molar-refractivity contribution in [2.75, 3.05) is 13.1 Å². The second-order valence-corrected chi connectivity index (χ2v) is 7.39. The molecule has 4 rings (SSSR count). The number of alkyl halides is 3. The van der Waals surface area contributed by atoms with E-state index in [0.717, 1.165) is 21.2 Å². The van der Waals surface area contributed by atoms with Crippen molar-refractivity contribution < 1.29 is 27.9 Å². The van der Waals surface area contributed by atoms with E-state index in [2.05, 4.69) is 0 Å². The molecule has 1 aliphatic heterocycles. The number of carbonyl (C=O) groups is 2. The Labute approximate surface area is 153 Å². The lowest BCUT2D eigenvalue weighted by atomic mass is 9.96. The Hall–Kier alpha value is -2.57. The van der Waals surface area contributed by atoms with Gasteiger partial charge in [0.2, 0.25) is 5.91 Å². The second kappa shape index (κ2) is 6.25. The lowest BCUT2D eigenvalue weighted by Gasteiger charge is -2.18. The van der Waals surface area contributed by atoms with Gasteiger partial charge in [-0.1, -0.05) is 42.5 Å². The maximum Gasteiger partial charge on any atom is 0.394 e. The first kappa shape index (κ1) is 17.8. The molecule has 1 saturated heterocycles. The molecule has 1 saturated carbocycles. The third kappa shape index (κ3) is 3.26. The monoisotopic (exact) mass is 377 g/mol. The van der Waals surface area contributed by atoms with Crippen LogP contribution in [0.4, 0.5) is 13.2 Å². The minimum absolute atomic E-state index is 0.0182. The van der Waals surface area contributed by atoms with Gasteiger partial charge in [0.1, 0.15) is 0 Å². The minimum Gasteiger partial charge on any atom is -0.481 e. The number of halogens is 3. The van der Waals surface area contributed by atoms with Gasteiger partial charge in [-0.15, -0.1) is 0 Å². The zero-order chi connectivity index (χ0) is 19.3. The van der Waals surface area contributed by atoms with Crippen molar-refractivity contribution >= 4 is 22.6 Å². The van der Waals surface area contributed by atoms with E-state index in [1.54, 1.807) is 0 Å². The van der Waals surface area contributed by atoms with Crippen LogP contribution in [0, 0.1) is 17.8 Å². The molecule has 4 nitrogen and oxygen atoms in total. The fraction of sp³-hybridized carbons (Fsp3) is 0.400.